The summed E-state index contributed by atoms with van der Waals surface area (Å²) in [4.78, 5) is 9.48. The second kappa shape index (κ2) is 7.74. The van der Waals surface area contributed by atoms with Crippen LogP contribution in [-0.4, -0.2) is 27.7 Å². The summed E-state index contributed by atoms with van der Waals surface area (Å²) in [5.41, 5.74) is 5.73. The lowest BCUT2D eigenvalue weighted by Gasteiger charge is -2.33. The molecule has 0 saturated carbocycles. The molecule has 3 aromatic heterocycles. The molecule has 0 aliphatic carbocycles. The van der Waals surface area contributed by atoms with Crippen LogP contribution in [0.1, 0.15) is 24.4 Å². The molecule has 0 bridgehead atoms. The minimum absolute atomic E-state index is 0.218. The summed E-state index contributed by atoms with van der Waals surface area (Å²) in [6.45, 7) is 1.64. The smallest absolute Gasteiger partial charge is 0.0967 e. The zero-order chi connectivity index (χ0) is 20.8. The molecule has 0 radical (unpaired) electrons. The minimum atomic E-state index is 0.218. The molecule has 5 aromatic rings. The maximum atomic E-state index is 5.72. The average molecular weight is 472 g/mol. The number of nitrogens with zero attached hydrogens (tertiary/aromatic N) is 3. The molecule has 1 atom stereocenters. The molecule has 0 unspecified atom stereocenters. The zero-order valence-corrected chi connectivity index (χ0v) is 18.6. The van der Waals surface area contributed by atoms with E-state index in [2.05, 4.69) is 80.1 Å². The van der Waals surface area contributed by atoms with Crippen LogP contribution in [0.15, 0.2) is 77.5 Å². The van der Waals surface area contributed by atoms with Gasteiger partial charge < -0.3 is 9.30 Å². The second-order valence-corrected chi connectivity index (χ2v) is 9.14. The standard InChI is InChI=1S/C26H22BrN3O/c27-19-15-23-25(29-16-19)24-20-7-4-12-28-21(20)8-9-22(24)30(23)26(17-5-2-1-3-6-17)18-10-13-31-14-11-18/h1-9,12,15-16,18,26H,10-11,13-14H2/t26-/m1/s1. The fraction of sp³-hybridized carbons (Fsp3) is 0.231. The molecule has 4 heterocycles. The van der Waals surface area contributed by atoms with Crippen LogP contribution in [0, 0.1) is 5.92 Å². The summed E-state index contributed by atoms with van der Waals surface area (Å²) < 4.78 is 9.22. The van der Waals surface area contributed by atoms with Crippen molar-refractivity contribution in [2.24, 2.45) is 5.92 Å². The van der Waals surface area contributed by atoms with Crippen molar-refractivity contribution in [1.29, 1.82) is 0 Å². The van der Waals surface area contributed by atoms with Crippen LogP contribution in [0.2, 0.25) is 0 Å². The molecule has 1 aliphatic heterocycles. The predicted molar refractivity (Wildman–Crippen MR) is 128 cm³/mol. The number of rotatable bonds is 3. The topological polar surface area (TPSA) is 39.9 Å². The van der Waals surface area contributed by atoms with Gasteiger partial charge in [-0.15, -0.1) is 0 Å². The van der Waals surface area contributed by atoms with Gasteiger partial charge in [-0.1, -0.05) is 36.4 Å². The van der Waals surface area contributed by atoms with E-state index in [-0.39, 0.29) is 6.04 Å². The van der Waals surface area contributed by atoms with E-state index in [9.17, 15) is 0 Å². The summed E-state index contributed by atoms with van der Waals surface area (Å²) in [5.74, 6) is 0.499. The maximum Gasteiger partial charge on any atom is 0.0967 e. The highest BCUT2D eigenvalue weighted by Gasteiger charge is 2.30. The molecule has 4 nitrogen and oxygen atoms in total. The number of ether oxygens (including phenoxy) is 1. The molecule has 0 amide bonds. The lowest BCUT2D eigenvalue weighted by atomic mass is 9.86. The van der Waals surface area contributed by atoms with Gasteiger partial charge in [-0.05, 0) is 64.5 Å². The maximum absolute atomic E-state index is 5.72. The average Bonchev–Trinajstić information content (AvgIpc) is 3.14. The van der Waals surface area contributed by atoms with Gasteiger partial charge in [0.25, 0.3) is 0 Å². The van der Waals surface area contributed by atoms with Crippen LogP contribution in [0.3, 0.4) is 0 Å². The molecule has 0 N–H and O–H groups in total. The largest absolute Gasteiger partial charge is 0.381 e. The fourth-order valence-electron chi connectivity index (χ4n) is 5.14. The van der Waals surface area contributed by atoms with Crippen molar-refractivity contribution in [1.82, 2.24) is 14.5 Å². The van der Waals surface area contributed by atoms with E-state index in [0.717, 1.165) is 52.5 Å². The number of fused-ring (bicyclic) bond motifs is 5. The highest BCUT2D eigenvalue weighted by atomic mass is 79.9. The molecular formula is C26H22BrN3O. The van der Waals surface area contributed by atoms with Gasteiger partial charge in [0.2, 0.25) is 0 Å². The Kier molecular flexibility index (Phi) is 4.73. The minimum Gasteiger partial charge on any atom is -0.381 e. The number of hydrogen-bond donors (Lipinski definition) is 0. The van der Waals surface area contributed by atoms with Gasteiger partial charge in [0.05, 0.1) is 28.1 Å². The number of hydrogen-bond acceptors (Lipinski definition) is 3. The fourth-order valence-corrected chi connectivity index (χ4v) is 5.46. The third-order valence-electron chi connectivity index (χ3n) is 6.48. The first-order valence-electron chi connectivity index (χ1n) is 10.8. The van der Waals surface area contributed by atoms with Crippen molar-refractivity contribution >= 4 is 48.8 Å². The van der Waals surface area contributed by atoms with Crippen LogP contribution in [0.4, 0.5) is 0 Å². The molecule has 6 rings (SSSR count). The zero-order valence-electron chi connectivity index (χ0n) is 17.0. The van der Waals surface area contributed by atoms with Crippen molar-refractivity contribution < 1.29 is 4.74 Å². The Morgan fingerprint density at radius 2 is 1.77 bits per heavy atom. The highest BCUT2D eigenvalue weighted by Crippen LogP contribution is 2.42. The Balaban J connectivity index is 1.73. The summed E-state index contributed by atoms with van der Waals surface area (Å²) in [7, 11) is 0. The quantitative estimate of drug-likeness (QED) is 0.300. The second-order valence-electron chi connectivity index (χ2n) is 8.23. The van der Waals surface area contributed by atoms with Crippen molar-refractivity contribution in [2.75, 3.05) is 13.2 Å². The Morgan fingerprint density at radius 1 is 0.935 bits per heavy atom. The van der Waals surface area contributed by atoms with E-state index in [4.69, 9.17) is 9.72 Å². The molecule has 31 heavy (non-hydrogen) atoms. The molecule has 5 heteroatoms. The van der Waals surface area contributed by atoms with Gasteiger partial charge in [0, 0.05) is 40.9 Å². The Morgan fingerprint density at radius 3 is 2.61 bits per heavy atom. The Bertz CT molecular complexity index is 1390. The number of pyridine rings is 2. The molecule has 1 saturated heterocycles. The van der Waals surface area contributed by atoms with Crippen molar-refractivity contribution in [3.63, 3.8) is 0 Å². The molecule has 2 aromatic carbocycles. The normalized spacial score (nSPS) is 16.3. The van der Waals surface area contributed by atoms with Crippen LogP contribution >= 0.6 is 15.9 Å². The number of benzene rings is 2. The lowest BCUT2D eigenvalue weighted by molar-refractivity contribution is 0.0553. The van der Waals surface area contributed by atoms with Gasteiger partial charge in [-0.3, -0.25) is 9.97 Å². The molecule has 154 valence electrons. The Labute approximate surface area is 189 Å². The summed E-state index contributed by atoms with van der Waals surface area (Å²) in [6.07, 6.45) is 5.86. The van der Waals surface area contributed by atoms with Crippen LogP contribution in [0.25, 0.3) is 32.8 Å². The van der Waals surface area contributed by atoms with E-state index < -0.39 is 0 Å². The van der Waals surface area contributed by atoms with E-state index in [0.29, 0.717) is 5.92 Å². The van der Waals surface area contributed by atoms with Crippen LogP contribution in [0.5, 0.6) is 0 Å². The van der Waals surface area contributed by atoms with Gasteiger partial charge in [-0.2, -0.15) is 0 Å². The van der Waals surface area contributed by atoms with E-state index >= 15 is 0 Å². The number of aromatic nitrogens is 3. The SMILES string of the molecule is Brc1cnc2c3c4cccnc4ccc3n([C@H](c3ccccc3)C3CCOCC3)c2c1. The van der Waals surface area contributed by atoms with Gasteiger partial charge in [0.15, 0.2) is 0 Å². The van der Waals surface area contributed by atoms with Crippen molar-refractivity contribution in [3.05, 3.63) is 83.1 Å². The molecule has 0 spiro atoms. The Hall–Kier alpha value is -2.76. The molecule has 1 fully saturated rings. The molecular weight excluding hydrogens is 450 g/mol. The van der Waals surface area contributed by atoms with Gasteiger partial charge >= 0.3 is 0 Å². The van der Waals surface area contributed by atoms with Crippen LogP contribution in [-0.2, 0) is 4.74 Å². The number of halogens is 1. The summed E-state index contributed by atoms with van der Waals surface area (Å²) in [6, 6.07) is 21.8. The van der Waals surface area contributed by atoms with Crippen molar-refractivity contribution in [3.8, 4) is 0 Å². The monoisotopic (exact) mass is 471 g/mol. The van der Waals surface area contributed by atoms with Gasteiger partial charge in [0.1, 0.15) is 0 Å². The first-order valence-corrected chi connectivity index (χ1v) is 11.6. The summed E-state index contributed by atoms with van der Waals surface area (Å²) in [5, 5.41) is 2.33. The third kappa shape index (κ3) is 3.15. The van der Waals surface area contributed by atoms with Crippen molar-refractivity contribution in [2.45, 2.75) is 18.9 Å². The first-order chi connectivity index (χ1) is 15.3. The first kappa shape index (κ1) is 19.0. The van der Waals surface area contributed by atoms with E-state index in [1.54, 1.807) is 0 Å². The highest BCUT2D eigenvalue weighted by molar-refractivity contribution is 9.10. The van der Waals surface area contributed by atoms with Gasteiger partial charge in [-0.25, -0.2) is 0 Å². The predicted octanol–water partition coefficient (Wildman–Crippen LogP) is 6.52. The lowest BCUT2D eigenvalue weighted by Crippen LogP contribution is -2.26. The van der Waals surface area contributed by atoms with E-state index in [1.807, 2.05) is 18.5 Å². The van der Waals surface area contributed by atoms with Crippen LogP contribution < -0.4 is 0 Å². The molecule has 1 aliphatic rings. The summed E-state index contributed by atoms with van der Waals surface area (Å²) >= 11 is 3.67. The van der Waals surface area contributed by atoms with E-state index in [1.165, 1.54) is 16.5 Å². The third-order valence-corrected chi connectivity index (χ3v) is 6.92.